The second-order valence-electron chi connectivity index (χ2n) is 3.87. The average molecular weight is 236 g/mol. The van der Waals surface area contributed by atoms with Crippen molar-refractivity contribution < 1.29 is 14.3 Å². The Morgan fingerprint density at radius 2 is 2.29 bits per heavy atom. The summed E-state index contributed by atoms with van der Waals surface area (Å²) < 4.78 is 13.3. The minimum absolute atomic E-state index is 0.0624. The topological polar surface area (TPSA) is 64.3 Å². The second kappa shape index (κ2) is 5.30. The molecular formula is C12H13FN2O2. The average Bonchev–Trinajstić information content (AvgIpc) is 2.28. The van der Waals surface area contributed by atoms with Crippen LogP contribution in [0.4, 0.5) is 10.1 Å². The van der Waals surface area contributed by atoms with E-state index in [-0.39, 0.29) is 12.1 Å². The van der Waals surface area contributed by atoms with Gasteiger partial charge in [-0.2, -0.15) is 5.26 Å². The molecule has 1 aromatic rings. The van der Waals surface area contributed by atoms with E-state index in [0.717, 1.165) is 0 Å². The third-order valence-electron chi connectivity index (χ3n) is 2.48. The Kier molecular flexibility index (Phi) is 4.05. The summed E-state index contributed by atoms with van der Waals surface area (Å²) in [6, 6.07) is 6.07. The maximum absolute atomic E-state index is 13.3. The van der Waals surface area contributed by atoms with Crippen LogP contribution in [-0.4, -0.2) is 24.7 Å². The lowest BCUT2D eigenvalue weighted by Gasteiger charge is -2.22. The lowest BCUT2D eigenvalue weighted by Crippen LogP contribution is -2.29. The molecule has 1 rings (SSSR count). The van der Waals surface area contributed by atoms with Gasteiger partial charge in [-0.05, 0) is 12.1 Å². The number of nitrogens with zero attached hydrogens (tertiary/aromatic N) is 2. The summed E-state index contributed by atoms with van der Waals surface area (Å²) in [6.07, 6.45) is 0. The summed E-state index contributed by atoms with van der Waals surface area (Å²) >= 11 is 0. The van der Waals surface area contributed by atoms with Crippen LogP contribution in [0.5, 0.6) is 0 Å². The van der Waals surface area contributed by atoms with E-state index in [1.54, 1.807) is 31.0 Å². The van der Waals surface area contributed by atoms with Crippen molar-refractivity contribution in [1.82, 2.24) is 0 Å². The molecule has 0 fully saturated rings. The molecule has 0 aliphatic rings. The van der Waals surface area contributed by atoms with E-state index >= 15 is 0 Å². The molecule has 4 nitrogen and oxygen atoms in total. The first-order chi connectivity index (χ1) is 7.97. The van der Waals surface area contributed by atoms with Crippen molar-refractivity contribution in [2.75, 3.05) is 18.5 Å². The normalized spacial score (nSPS) is 11.6. The number of nitriles is 1. The van der Waals surface area contributed by atoms with Gasteiger partial charge in [-0.15, -0.1) is 0 Å². The zero-order valence-electron chi connectivity index (χ0n) is 9.64. The van der Waals surface area contributed by atoms with Crippen molar-refractivity contribution in [3.8, 4) is 6.07 Å². The van der Waals surface area contributed by atoms with Gasteiger partial charge >= 0.3 is 5.97 Å². The van der Waals surface area contributed by atoms with E-state index < -0.39 is 17.7 Å². The van der Waals surface area contributed by atoms with E-state index in [1.165, 1.54) is 12.1 Å². The van der Waals surface area contributed by atoms with Crippen LogP contribution in [-0.2, 0) is 4.79 Å². The molecule has 0 radical (unpaired) electrons. The summed E-state index contributed by atoms with van der Waals surface area (Å²) in [6.45, 7) is 1.78. The van der Waals surface area contributed by atoms with Crippen molar-refractivity contribution >= 4 is 11.7 Å². The molecule has 1 unspecified atom stereocenters. The molecule has 0 bridgehead atoms. The summed E-state index contributed by atoms with van der Waals surface area (Å²) in [5.74, 6) is -2.11. The lowest BCUT2D eigenvalue weighted by atomic mass is 10.1. The molecule has 5 heteroatoms. The van der Waals surface area contributed by atoms with Gasteiger partial charge in [-0.1, -0.05) is 13.0 Å². The second-order valence-corrected chi connectivity index (χ2v) is 3.87. The van der Waals surface area contributed by atoms with Gasteiger partial charge in [0.1, 0.15) is 17.4 Å². The first kappa shape index (κ1) is 13.0. The van der Waals surface area contributed by atoms with Crippen LogP contribution in [0.2, 0.25) is 0 Å². The quantitative estimate of drug-likeness (QED) is 0.866. The Bertz CT molecular complexity index is 468. The van der Waals surface area contributed by atoms with Crippen LogP contribution in [0.25, 0.3) is 0 Å². The third-order valence-corrected chi connectivity index (χ3v) is 2.48. The van der Waals surface area contributed by atoms with Gasteiger partial charge in [-0.25, -0.2) is 4.39 Å². The van der Waals surface area contributed by atoms with Crippen LogP contribution < -0.4 is 4.90 Å². The van der Waals surface area contributed by atoms with Crippen molar-refractivity contribution in [3.63, 3.8) is 0 Å². The molecule has 0 heterocycles. The number of hydrogen-bond acceptors (Lipinski definition) is 3. The van der Waals surface area contributed by atoms with Crippen LogP contribution in [0, 0.1) is 23.1 Å². The Labute approximate surface area is 98.9 Å². The van der Waals surface area contributed by atoms with E-state index in [9.17, 15) is 9.18 Å². The molecule has 1 N–H and O–H groups in total. The van der Waals surface area contributed by atoms with E-state index in [0.29, 0.717) is 5.69 Å². The number of halogens is 1. The Morgan fingerprint density at radius 1 is 1.65 bits per heavy atom. The fourth-order valence-corrected chi connectivity index (χ4v) is 1.53. The van der Waals surface area contributed by atoms with Gasteiger partial charge in [-0.3, -0.25) is 4.79 Å². The van der Waals surface area contributed by atoms with Gasteiger partial charge in [0.2, 0.25) is 0 Å². The number of carboxylic acid groups (broad SMARTS) is 1. The summed E-state index contributed by atoms with van der Waals surface area (Å²) in [7, 11) is 1.63. The van der Waals surface area contributed by atoms with Gasteiger partial charge in [0.05, 0.1) is 11.6 Å². The molecule has 0 aromatic heterocycles. The fraction of sp³-hybridized carbons (Fsp3) is 0.333. The summed E-state index contributed by atoms with van der Waals surface area (Å²) in [5.41, 5.74) is 0.341. The SMILES string of the molecule is CC(CN(C)c1cccc(F)c1C#N)C(=O)O. The molecule has 0 saturated heterocycles. The Balaban J connectivity index is 2.97. The van der Waals surface area contributed by atoms with Crippen molar-refractivity contribution in [1.29, 1.82) is 5.26 Å². The number of rotatable bonds is 4. The largest absolute Gasteiger partial charge is 0.481 e. The molecule has 0 saturated carbocycles. The molecule has 90 valence electrons. The maximum Gasteiger partial charge on any atom is 0.308 e. The van der Waals surface area contributed by atoms with Crippen molar-refractivity contribution in [2.24, 2.45) is 5.92 Å². The van der Waals surface area contributed by atoms with Gasteiger partial charge in [0.25, 0.3) is 0 Å². The summed E-state index contributed by atoms with van der Waals surface area (Å²) in [4.78, 5) is 12.3. The minimum atomic E-state index is -0.924. The van der Waals surface area contributed by atoms with E-state index in [1.807, 2.05) is 0 Å². The first-order valence-corrected chi connectivity index (χ1v) is 5.10. The number of benzene rings is 1. The monoisotopic (exact) mass is 236 g/mol. The number of anilines is 1. The van der Waals surface area contributed by atoms with Crippen LogP contribution in [0.1, 0.15) is 12.5 Å². The number of aliphatic carboxylic acids is 1. The molecule has 1 atom stereocenters. The van der Waals surface area contributed by atoms with Crippen molar-refractivity contribution in [3.05, 3.63) is 29.6 Å². The molecular weight excluding hydrogens is 223 g/mol. The number of hydrogen-bond donors (Lipinski definition) is 1. The zero-order valence-corrected chi connectivity index (χ0v) is 9.64. The highest BCUT2D eigenvalue weighted by Gasteiger charge is 2.17. The van der Waals surface area contributed by atoms with Crippen LogP contribution >= 0.6 is 0 Å². The smallest absolute Gasteiger partial charge is 0.308 e. The predicted molar refractivity (Wildman–Crippen MR) is 61.2 cm³/mol. The predicted octanol–water partition coefficient (Wildman–Crippen LogP) is 1.85. The molecule has 17 heavy (non-hydrogen) atoms. The Hall–Kier alpha value is -2.09. The van der Waals surface area contributed by atoms with Gasteiger partial charge in [0, 0.05) is 13.6 Å². The highest BCUT2D eigenvalue weighted by Crippen LogP contribution is 2.22. The molecule has 1 aromatic carbocycles. The third kappa shape index (κ3) is 2.94. The van der Waals surface area contributed by atoms with E-state index in [4.69, 9.17) is 10.4 Å². The fourth-order valence-electron chi connectivity index (χ4n) is 1.53. The molecule has 0 spiro atoms. The highest BCUT2D eigenvalue weighted by atomic mass is 19.1. The molecule has 0 amide bonds. The number of carboxylic acids is 1. The zero-order chi connectivity index (χ0) is 13.0. The maximum atomic E-state index is 13.3. The van der Waals surface area contributed by atoms with Crippen LogP contribution in [0.15, 0.2) is 18.2 Å². The minimum Gasteiger partial charge on any atom is -0.481 e. The molecule has 0 aliphatic heterocycles. The number of carbonyl (C=O) groups is 1. The summed E-state index contributed by atoms with van der Waals surface area (Å²) in [5, 5.41) is 17.7. The van der Waals surface area contributed by atoms with Crippen molar-refractivity contribution in [2.45, 2.75) is 6.92 Å². The van der Waals surface area contributed by atoms with Crippen LogP contribution in [0.3, 0.4) is 0 Å². The van der Waals surface area contributed by atoms with E-state index in [2.05, 4.69) is 0 Å². The first-order valence-electron chi connectivity index (χ1n) is 5.10. The highest BCUT2D eigenvalue weighted by molar-refractivity contribution is 5.71. The van der Waals surface area contributed by atoms with Gasteiger partial charge < -0.3 is 10.0 Å². The standard InChI is InChI=1S/C12H13FN2O2/c1-8(12(16)17)7-15(2)11-5-3-4-10(13)9(11)6-14/h3-5,8H,7H2,1-2H3,(H,16,17). The molecule has 0 aliphatic carbocycles. The Morgan fingerprint density at radius 3 is 2.82 bits per heavy atom. The van der Waals surface area contributed by atoms with Gasteiger partial charge in [0.15, 0.2) is 0 Å². The lowest BCUT2D eigenvalue weighted by molar-refractivity contribution is -0.140.